The summed E-state index contributed by atoms with van der Waals surface area (Å²) in [6.07, 6.45) is -1.50. The van der Waals surface area contributed by atoms with E-state index in [0.717, 1.165) is 0 Å². The third-order valence-electron chi connectivity index (χ3n) is 2.01. The second-order valence-corrected chi connectivity index (χ2v) is 5.81. The number of amides is 1. The SMILES string of the molecule is CC(C)S(=O)(=O)N(C(=O)O)c1ccccc1. The van der Waals surface area contributed by atoms with E-state index in [1.165, 1.54) is 26.0 Å². The smallest absolute Gasteiger partial charge is 0.425 e. The van der Waals surface area contributed by atoms with Gasteiger partial charge >= 0.3 is 6.09 Å². The van der Waals surface area contributed by atoms with Gasteiger partial charge in [0.15, 0.2) is 0 Å². The highest BCUT2D eigenvalue weighted by Crippen LogP contribution is 2.20. The quantitative estimate of drug-likeness (QED) is 0.879. The maximum Gasteiger partial charge on any atom is 0.425 e. The molecule has 0 fully saturated rings. The van der Waals surface area contributed by atoms with Crippen LogP contribution in [0.5, 0.6) is 0 Å². The number of rotatable bonds is 3. The molecule has 1 amide bonds. The third kappa shape index (κ3) is 2.33. The number of benzene rings is 1. The Bertz CT molecular complexity index is 467. The summed E-state index contributed by atoms with van der Waals surface area (Å²) in [4.78, 5) is 11.0. The molecule has 0 aromatic heterocycles. The molecule has 6 heteroatoms. The highest BCUT2D eigenvalue weighted by atomic mass is 32.2. The van der Waals surface area contributed by atoms with Gasteiger partial charge in [-0.25, -0.2) is 13.2 Å². The molecule has 0 saturated heterocycles. The minimum Gasteiger partial charge on any atom is -0.464 e. The van der Waals surface area contributed by atoms with E-state index in [1.54, 1.807) is 18.2 Å². The molecule has 16 heavy (non-hydrogen) atoms. The molecule has 0 heterocycles. The van der Waals surface area contributed by atoms with Crippen LogP contribution in [-0.4, -0.2) is 24.9 Å². The topological polar surface area (TPSA) is 74.7 Å². The molecule has 0 aliphatic heterocycles. The van der Waals surface area contributed by atoms with Gasteiger partial charge in [0.1, 0.15) is 0 Å². The molecule has 88 valence electrons. The lowest BCUT2D eigenvalue weighted by atomic mass is 10.3. The van der Waals surface area contributed by atoms with E-state index in [1.807, 2.05) is 0 Å². The summed E-state index contributed by atoms with van der Waals surface area (Å²) in [5, 5.41) is 8.17. The van der Waals surface area contributed by atoms with Gasteiger partial charge in [-0.2, -0.15) is 4.31 Å². The van der Waals surface area contributed by atoms with Crippen LogP contribution in [0.15, 0.2) is 30.3 Å². The highest BCUT2D eigenvalue weighted by molar-refractivity contribution is 7.94. The number of hydrogen-bond acceptors (Lipinski definition) is 3. The molecule has 0 spiro atoms. The molecule has 0 aliphatic rings. The number of sulfonamides is 1. The molecule has 1 aromatic carbocycles. The predicted octanol–water partition coefficient (Wildman–Crippen LogP) is 1.91. The monoisotopic (exact) mass is 243 g/mol. The zero-order valence-corrected chi connectivity index (χ0v) is 9.81. The van der Waals surface area contributed by atoms with E-state index in [9.17, 15) is 13.2 Å². The summed E-state index contributed by atoms with van der Waals surface area (Å²) in [5.74, 6) is 0. The first-order valence-electron chi connectivity index (χ1n) is 4.69. The van der Waals surface area contributed by atoms with Crippen LogP contribution in [0, 0.1) is 0 Å². The molecule has 1 rings (SSSR count). The van der Waals surface area contributed by atoms with Crippen LogP contribution in [0.4, 0.5) is 10.5 Å². The van der Waals surface area contributed by atoms with Crippen LogP contribution in [0.25, 0.3) is 0 Å². The Kier molecular flexibility index (Phi) is 3.54. The summed E-state index contributed by atoms with van der Waals surface area (Å²) in [5.41, 5.74) is 0.128. The Balaban J connectivity index is 3.28. The lowest BCUT2D eigenvalue weighted by Gasteiger charge is -2.21. The van der Waals surface area contributed by atoms with Crippen molar-refractivity contribution in [2.24, 2.45) is 0 Å². The largest absolute Gasteiger partial charge is 0.464 e. The molecule has 0 radical (unpaired) electrons. The van der Waals surface area contributed by atoms with Crippen LogP contribution in [-0.2, 0) is 10.0 Å². The fourth-order valence-corrected chi connectivity index (χ4v) is 2.20. The second-order valence-electron chi connectivity index (χ2n) is 3.48. The molecule has 0 bridgehead atoms. The number of carboxylic acid groups (broad SMARTS) is 1. The van der Waals surface area contributed by atoms with Crippen LogP contribution in [0.2, 0.25) is 0 Å². The normalized spacial score (nSPS) is 11.4. The van der Waals surface area contributed by atoms with Crippen molar-refractivity contribution in [2.45, 2.75) is 19.1 Å². The first-order chi connectivity index (χ1) is 7.37. The molecule has 1 aromatic rings. The van der Waals surface area contributed by atoms with Crippen LogP contribution in [0.1, 0.15) is 13.8 Å². The summed E-state index contributed by atoms with van der Waals surface area (Å²) in [6.45, 7) is 2.88. The standard InChI is InChI=1S/C10H13NO4S/c1-8(2)16(14,15)11(10(12)13)9-6-4-3-5-7-9/h3-8H,1-2H3,(H,12,13). The van der Waals surface area contributed by atoms with Crippen molar-refractivity contribution < 1.29 is 18.3 Å². The van der Waals surface area contributed by atoms with E-state index in [2.05, 4.69) is 0 Å². The van der Waals surface area contributed by atoms with Crippen molar-refractivity contribution in [2.75, 3.05) is 4.31 Å². The van der Waals surface area contributed by atoms with Gasteiger partial charge in [0.2, 0.25) is 10.0 Å². The molecular formula is C10H13NO4S. The molecular weight excluding hydrogens is 230 g/mol. The number of nitrogens with zero attached hydrogens (tertiary/aromatic N) is 1. The highest BCUT2D eigenvalue weighted by Gasteiger charge is 2.31. The zero-order valence-electron chi connectivity index (χ0n) is 8.99. The van der Waals surface area contributed by atoms with Gasteiger partial charge in [0.05, 0.1) is 10.9 Å². The first-order valence-corrected chi connectivity index (χ1v) is 6.20. The van der Waals surface area contributed by atoms with Crippen LogP contribution >= 0.6 is 0 Å². The minimum absolute atomic E-state index is 0.128. The molecule has 0 unspecified atom stereocenters. The van der Waals surface area contributed by atoms with Gasteiger partial charge in [0, 0.05) is 0 Å². The van der Waals surface area contributed by atoms with Crippen molar-refractivity contribution in [3.05, 3.63) is 30.3 Å². The van der Waals surface area contributed by atoms with E-state index >= 15 is 0 Å². The average Bonchev–Trinajstić information content (AvgIpc) is 2.18. The number of hydrogen-bond donors (Lipinski definition) is 1. The Morgan fingerprint density at radius 1 is 1.25 bits per heavy atom. The Hall–Kier alpha value is -1.56. The summed E-state index contributed by atoms with van der Waals surface area (Å²) >= 11 is 0. The third-order valence-corrected chi connectivity index (χ3v) is 4.08. The molecule has 0 saturated carbocycles. The van der Waals surface area contributed by atoms with Crippen molar-refractivity contribution in [3.63, 3.8) is 0 Å². The van der Waals surface area contributed by atoms with Gasteiger partial charge in [0.25, 0.3) is 0 Å². The lowest BCUT2D eigenvalue weighted by molar-refractivity contribution is 0.206. The van der Waals surface area contributed by atoms with Crippen molar-refractivity contribution in [1.29, 1.82) is 0 Å². The first kappa shape index (κ1) is 12.5. The average molecular weight is 243 g/mol. The van der Waals surface area contributed by atoms with Crippen LogP contribution in [0.3, 0.4) is 0 Å². The number of para-hydroxylation sites is 1. The maximum atomic E-state index is 11.8. The Morgan fingerprint density at radius 2 is 1.75 bits per heavy atom. The zero-order chi connectivity index (χ0) is 12.3. The van der Waals surface area contributed by atoms with E-state index in [0.29, 0.717) is 4.31 Å². The minimum atomic E-state index is -3.86. The predicted molar refractivity (Wildman–Crippen MR) is 61.0 cm³/mol. The van der Waals surface area contributed by atoms with Crippen LogP contribution < -0.4 is 4.31 Å². The van der Waals surface area contributed by atoms with E-state index < -0.39 is 21.4 Å². The Morgan fingerprint density at radius 3 is 2.12 bits per heavy atom. The molecule has 0 atom stereocenters. The van der Waals surface area contributed by atoms with Gasteiger partial charge in [-0.15, -0.1) is 0 Å². The summed E-state index contributed by atoms with van der Waals surface area (Å²) in [6, 6.07) is 7.73. The summed E-state index contributed by atoms with van der Waals surface area (Å²) < 4.78 is 24.0. The van der Waals surface area contributed by atoms with Crippen molar-refractivity contribution >= 4 is 21.8 Å². The van der Waals surface area contributed by atoms with Gasteiger partial charge in [-0.05, 0) is 26.0 Å². The Labute approximate surface area is 94.4 Å². The number of carbonyl (C=O) groups is 1. The fraction of sp³-hybridized carbons (Fsp3) is 0.300. The van der Waals surface area contributed by atoms with Gasteiger partial charge < -0.3 is 5.11 Å². The molecule has 0 aliphatic carbocycles. The van der Waals surface area contributed by atoms with Crippen molar-refractivity contribution in [1.82, 2.24) is 0 Å². The van der Waals surface area contributed by atoms with Crippen molar-refractivity contribution in [3.8, 4) is 0 Å². The van der Waals surface area contributed by atoms with E-state index in [-0.39, 0.29) is 5.69 Å². The second kappa shape index (κ2) is 4.52. The number of anilines is 1. The molecule has 1 N–H and O–H groups in total. The lowest BCUT2D eigenvalue weighted by Crippen LogP contribution is -2.40. The molecule has 5 nitrogen and oxygen atoms in total. The fourth-order valence-electron chi connectivity index (χ4n) is 1.14. The summed E-state index contributed by atoms with van der Waals surface area (Å²) in [7, 11) is -3.86. The van der Waals surface area contributed by atoms with E-state index in [4.69, 9.17) is 5.11 Å². The van der Waals surface area contributed by atoms with Gasteiger partial charge in [-0.3, -0.25) is 0 Å². The maximum absolute atomic E-state index is 11.8. The van der Waals surface area contributed by atoms with Gasteiger partial charge in [-0.1, -0.05) is 18.2 Å².